The standard InChI is InChI=1S/C17H20F3NO/c1-21-14-6-4-7-15(21)11-12(10-14)9-13-5-2-3-8-16(13)22-17(18,19)20/h2-3,5,8,10,14-15H,4,6-7,9,11H2,1H3. The minimum Gasteiger partial charge on any atom is -0.405 e. The highest BCUT2D eigenvalue weighted by molar-refractivity contribution is 5.37. The molecule has 2 bridgehead atoms. The molecule has 0 aromatic heterocycles. The normalized spacial score (nSPS) is 25.7. The second-order valence-electron chi connectivity index (χ2n) is 6.18. The third-order valence-electron chi connectivity index (χ3n) is 4.68. The van der Waals surface area contributed by atoms with Crippen LogP contribution in [-0.4, -0.2) is 30.4 Å². The van der Waals surface area contributed by atoms with Crippen molar-refractivity contribution >= 4 is 0 Å². The SMILES string of the molecule is CN1C2C=C(Cc3ccccc3OC(F)(F)F)CC1CCC2. The molecule has 2 nitrogen and oxygen atoms in total. The lowest BCUT2D eigenvalue weighted by Crippen LogP contribution is -2.46. The largest absolute Gasteiger partial charge is 0.573 e. The number of rotatable bonds is 3. The fourth-order valence-corrected chi connectivity index (χ4v) is 3.58. The van der Waals surface area contributed by atoms with E-state index in [4.69, 9.17) is 0 Å². The molecular formula is C17H20F3NO. The van der Waals surface area contributed by atoms with Gasteiger partial charge in [-0.05, 0) is 44.4 Å². The van der Waals surface area contributed by atoms with Gasteiger partial charge in [0, 0.05) is 12.1 Å². The first-order chi connectivity index (χ1) is 10.4. The smallest absolute Gasteiger partial charge is 0.405 e. The van der Waals surface area contributed by atoms with E-state index in [9.17, 15) is 13.2 Å². The minimum absolute atomic E-state index is 0.0833. The number of ether oxygens (including phenoxy) is 1. The Morgan fingerprint density at radius 2 is 2.00 bits per heavy atom. The van der Waals surface area contributed by atoms with Crippen molar-refractivity contribution in [1.82, 2.24) is 4.90 Å². The van der Waals surface area contributed by atoms with Crippen LogP contribution in [-0.2, 0) is 6.42 Å². The summed E-state index contributed by atoms with van der Waals surface area (Å²) >= 11 is 0. The van der Waals surface area contributed by atoms with Crippen molar-refractivity contribution in [3.8, 4) is 5.75 Å². The van der Waals surface area contributed by atoms with E-state index >= 15 is 0 Å². The molecule has 0 radical (unpaired) electrons. The maximum Gasteiger partial charge on any atom is 0.573 e. The lowest BCUT2D eigenvalue weighted by Gasteiger charge is -2.43. The molecule has 1 aromatic carbocycles. The Balaban J connectivity index is 1.79. The Labute approximate surface area is 128 Å². The Bertz CT molecular complexity index is 567. The average molecular weight is 311 g/mol. The van der Waals surface area contributed by atoms with Gasteiger partial charge in [0.05, 0.1) is 0 Å². The molecule has 2 aliphatic rings. The Morgan fingerprint density at radius 3 is 2.73 bits per heavy atom. The van der Waals surface area contributed by atoms with Gasteiger partial charge < -0.3 is 4.74 Å². The monoisotopic (exact) mass is 311 g/mol. The van der Waals surface area contributed by atoms with Gasteiger partial charge in [-0.1, -0.05) is 36.3 Å². The van der Waals surface area contributed by atoms with Crippen LogP contribution in [0.3, 0.4) is 0 Å². The lowest BCUT2D eigenvalue weighted by atomic mass is 9.83. The molecule has 2 aliphatic heterocycles. The number of benzene rings is 1. The summed E-state index contributed by atoms with van der Waals surface area (Å²) in [6, 6.07) is 7.39. The van der Waals surface area contributed by atoms with Gasteiger partial charge in [0.1, 0.15) is 5.75 Å². The summed E-state index contributed by atoms with van der Waals surface area (Å²) in [6.07, 6.45) is 2.60. The van der Waals surface area contributed by atoms with Crippen LogP contribution in [0.25, 0.3) is 0 Å². The summed E-state index contributed by atoms with van der Waals surface area (Å²) in [5, 5.41) is 0. The lowest BCUT2D eigenvalue weighted by molar-refractivity contribution is -0.274. The molecule has 0 N–H and O–H groups in total. The van der Waals surface area contributed by atoms with E-state index in [1.54, 1.807) is 18.2 Å². The van der Waals surface area contributed by atoms with Crippen molar-refractivity contribution in [1.29, 1.82) is 0 Å². The molecule has 2 atom stereocenters. The van der Waals surface area contributed by atoms with Crippen LogP contribution in [0.2, 0.25) is 0 Å². The molecular weight excluding hydrogens is 291 g/mol. The quantitative estimate of drug-likeness (QED) is 0.771. The van der Waals surface area contributed by atoms with Crippen molar-refractivity contribution in [2.24, 2.45) is 0 Å². The number of fused-ring (bicyclic) bond motifs is 2. The van der Waals surface area contributed by atoms with E-state index < -0.39 is 6.36 Å². The third kappa shape index (κ3) is 3.46. The molecule has 1 aromatic rings. The van der Waals surface area contributed by atoms with Gasteiger partial charge >= 0.3 is 6.36 Å². The molecule has 120 valence electrons. The highest BCUT2D eigenvalue weighted by atomic mass is 19.4. The maximum absolute atomic E-state index is 12.5. The average Bonchev–Trinajstić information content (AvgIpc) is 2.40. The number of para-hydroxylation sites is 1. The molecule has 22 heavy (non-hydrogen) atoms. The van der Waals surface area contributed by atoms with Gasteiger partial charge in [-0.25, -0.2) is 0 Å². The summed E-state index contributed by atoms with van der Waals surface area (Å²) in [5.41, 5.74) is 1.83. The summed E-state index contributed by atoms with van der Waals surface area (Å²) in [5.74, 6) is -0.0833. The summed E-state index contributed by atoms with van der Waals surface area (Å²) < 4.78 is 41.6. The van der Waals surface area contributed by atoms with Crippen LogP contribution < -0.4 is 4.74 Å². The van der Waals surface area contributed by atoms with E-state index in [0.717, 1.165) is 12.8 Å². The molecule has 2 unspecified atom stereocenters. The highest BCUT2D eigenvalue weighted by Crippen LogP contribution is 2.35. The van der Waals surface area contributed by atoms with Crippen LogP contribution in [0, 0.1) is 0 Å². The number of nitrogens with zero attached hydrogens (tertiary/aromatic N) is 1. The number of piperidine rings is 1. The number of halogens is 3. The zero-order valence-corrected chi connectivity index (χ0v) is 12.6. The molecule has 1 fully saturated rings. The number of hydrogen-bond acceptors (Lipinski definition) is 2. The van der Waals surface area contributed by atoms with Crippen molar-refractivity contribution in [3.63, 3.8) is 0 Å². The third-order valence-corrected chi connectivity index (χ3v) is 4.68. The number of hydrogen-bond donors (Lipinski definition) is 0. The fourth-order valence-electron chi connectivity index (χ4n) is 3.58. The van der Waals surface area contributed by atoms with Gasteiger partial charge in [-0.2, -0.15) is 0 Å². The van der Waals surface area contributed by atoms with E-state index in [0.29, 0.717) is 24.1 Å². The fraction of sp³-hybridized carbons (Fsp3) is 0.529. The Kier molecular flexibility index (Phi) is 4.17. The van der Waals surface area contributed by atoms with Gasteiger partial charge in [-0.15, -0.1) is 13.2 Å². The Hall–Kier alpha value is -1.49. The number of likely N-dealkylation sites (N-methyl/N-ethyl adjacent to an activating group) is 1. The predicted molar refractivity (Wildman–Crippen MR) is 78.7 cm³/mol. The van der Waals surface area contributed by atoms with Gasteiger partial charge in [-0.3, -0.25) is 4.90 Å². The van der Waals surface area contributed by atoms with E-state index in [1.807, 2.05) is 0 Å². The van der Waals surface area contributed by atoms with Crippen molar-refractivity contribution < 1.29 is 17.9 Å². The minimum atomic E-state index is -4.65. The first-order valence-corrected chi connectivity index (χ1v) is 7.67. The van der Waals surface area contributed by atoms with Crippen LogP contribution in [0.4, 0.5) is 13.2 Å². The molecule has 5 heteroatoms. The molecule has 1 saturated heterocycles. The zero-order chi connectivity index (χ0) is 15.7. The summed E-state index contributed by atoms with van der Waals surface area (Å²) in [6.45, 7) is 0. The molecule has 2 heterocycles. The Morgan fingerprint density at radius 1 is 1.23 bits per heavy atom. The predicted octanol–water partition coefficient (Wildman–Crippen LogP) is 4.31. The highest BCUT2D eigenvalue weighted by Gasteiger charge is 2.33. The zero-order valence-electron chi connectivity index (χ0n) is 12.6. The first-order valence-electron chi connectivity index (χ1n) is 7.67. The second-order valence-corrected chi connectivity index (χ2v) is 6.18. The van der Waals surface area contributed by atoms with E-state index in [-0.39, 0.29) is 5.75 Å². The summed E-state index contributed by atoms with van der Waals surface area (Å²) in [4.78, 5) is 2.39. The molecule has 0 spiro atoms. The summed E-state index contributed by atoms with van der Waals surface area (Å²) in [7, 11) is 2.14. The number of alkyl halides is 3. The molecule has 0 amide bonds. The van der Waals surface area contributed by atoms with E-state index in [1.165, 1.54) is 24.5 Å². The topological polar surface area (TPSA) is 12.5 Å². The van der Waals surface area contributed by atoms with Crippen LogP contribution >= 0.6 is 0 Å². The molecule has 0 aliphatic carbocycles. The van der Waals surface area contributed by atoms with Gasteiger partial charge in [0.2, 0.25) is 0 Å². The molecule has 3 rings (SSSR count). The van der Waals surface area contributed by atoms with Crippen LogP contribution in [0.1, 0.15) is 31.2 Å². The molecule has 0 saturated carbocycles. The van der Waals surface area contributed by atoms with Crippen molar-refractivity contribution in [2.45, 2.75) is 50.6 Å². The van der Waals surface area contributed by atoms with Crippen LogP contribution in [0.15, 0.2) is 35.9 Å². The maximum atomic E-state index is 12.5. The van der Waals surface area contributed by atoms with Crippen LogP contribution in [0.5, 0.6) is 5.75 Å². The van der Waals surface area contributed by atoms with E-state index in [2.05, 4.69) is 22.8 Å². The van der Waals surface area contributed by atoms with Crippen molar-refractivity contribution in [2.75, 3.05) is 7.05 Å². The van der Waals surface area contributed by atoms with Gasteiger partial charge in [0.25, 0.3) is 0 Å². The second kappa shape index (κ2) is 5.95. The van der Waals surface area contributed by atoms with Gasteiger partial charge in [0.15, 0.2) is 0 Å². The first kappa shape index (κ1) is 15.4. The van der Waals surface area contributed by atoms with Crippen molar-refractivity contribution in [3.05, 3.63) is 41.5 Å².